The van der Waals surface area contributed by atoms with Crippen molar-refractivity contribution >= 4 is 26.9 Å². The Morgan fingerprint density at radius 2 is 1.91 bits per heavy atom. The number of ether oxygens (including phenoxy) is 1. The van der Waals surface area contributed by atoms with Crippen molar-refractivity contribution in [3.63, 3.8) is 0 Å². The van der Waals surface area contributed by atoms with Gasteiger partial charge in [-0.05, 0) is 37.1 Å². The number of hydrogen-bond acceptors (Lipinski definition) is 3. The van der Waals surface area contributed by atoms with Gasteiger partial charge in [0, 0.05) is 27.1 Å². The summed E-state index contributed by atoms with van der Waals surface area (Å²) in [5.41, 5.74) is 3.20. The highest BCUT2D eigenvalue weighted by Gasteiger charge is 2.11. The summed E-state index contributed by atoms with van der Waals surface area (Å²) in [4.78, 5) is 11.7. The van der Waals surface area contributed by atoms with Crippen molar-refractivity contribution in [2.24, 2.45) is 0 Å². The Labute approximate surface area is 143 Å². The van der Waals surface area contributed by atoms with Crippen molar-refractivity contribution < 1.29 is 9.15 Å². The molecule has 0 saturated carbocycles. The molecule has 0 aliphatic carbocycles. The first kappa shape index (κ1) is 15.8. The Balaban J connectivity index is 1.98. The van der Waals surface area contributed by atoms with Crippen LogP contribution in [0.15, 0.2) is 56.1 Å². The quantitative estimate of drug-likeness (QED) is 0.604. The molecule has 23 heavy (non-hydrogen) atoms. The van der Waals surface area contributed by atoms with Crippen LogP contribution in [-0.4, -0.2) is 0 Å². The summed E-state index contributed by atoms with van der Waals surface area (Å²) in [6.45, 7) is 4.40. The number of halogens is 1. The van der Waals surface area contributed by atoms with Crippen molar-refractivity contribution in [3.8, 4) is 5.75 Å². The van der Waals surface area contributed by atoms with Gasteiger partial charge in [-0.1, -0.05) is 41.1 Å². The number of aryl methyl sites for hydroxylation is 2. The van der Waals surface area contributed by atoms with Gasteiger partial charge < -0.3 is 9.15 Å². The van der Waals surface area contributed by atoms with Gasteiger partial charge in [-0.25, -0.2) is 4.79 Å². The fraction of sp³-hybridized carbons (Fsp3) is 0.211. The maximum absolute atomic E-state index is 11.7. The van der Waals surface area contributed by atoms with Crippen LogP contribution in [0.3, 0.4) is 0 Å². The lowest BCUT2D eigenvalue weighted by molar-refractivity contribution is 0.303. The van der Waals surface area contributed by atoms with E-state index in [1.54, 1.807) is 6.07 Å². The summed E-state index contributed by atoms with van der Waals surface area (Å²) >= 11 is 3.52. The van der Waals surface area contributed by atoms with E-state index in [4.69, 9.17) is 9.15 Å². The number of fused-ring (bicyclic) bond motifs is 1. The lowest BCUT2D eigenvalue weighted by Crippen LogP contribution is -2.03. The molecule has 3 aromatic rings. The van der Waals surface area contributed by atoms with E-state index in [0.717, 1.165) is 38.7 Å². The van der Waals surface area contributed by atoms with Crippen molar-refractivity contribution in [2.75, 3.05) is 0 Å². The highest BCUT2D eigenvalue weighted by Crippen LogP contribution is 2.29. The molecular weight excluding hydrogens is 356 g/mol. The van der Waals surface area contributed by atoms with Gasteiger partial charge in [-0.2, -0.15) is 0 Å². The van der Waals surface area contributed by atoms with Crippen molar-refractivity contribution in [1.82, 2.24) is 0 Å². The van der Waals surface area contributed by atoms with E-state index < -0.39 is 0 Å². The second kappa shape index (κ2) is 6.59. The molecule has 0 aliphatic rings. The zero-order valence-corrected chi connectivity index (χ0v) is 14.6. The van der Waals surface area contributed by atoms with Crippen LogP contribution in [0.4, 0.5) is 0 Å². The first-order valence-electron chi connectivity index (χ1n) is 7.52. The average molecular weight is 373 g/mol. The summed E-state index contributed by atoms with van der Waals surface area (Å²) in [7, 11) is 0. The molecule has 3 nitrogen and oxygen atoms in total. The summed E-state index contributed by atoms with van der Waals surface area (Å²) in [6, 6.07) is 13.4. The molecular formula is C19H17BrO3. The summed E-state index contributed by atoms with van der Waals surface area (Å²) < 4.78 is 12.4. The van der Waals surface area contributed by atoms with Crippen LogP contribution in [0.25, 0.3) is 11.0 Å². The predicted octanol–water partition coefficient (Wildman–Crippen LogP) is 5.01. The number of benzene rings is 2. The minimum absolute atomic E-state index is 0.319. The standard InChI is InChI=1S/C19H17BrO3/c1-3-13-10-18(21)23-19-12(2)17(9-8-15(13)19)22-11-14-6-4-5-7-16(14)20/h4-10H,3,11H2,1-2H3. The third kappa shape index (κ3) is 3.17. The highest BCUT2D eigenvalue weighted by molar-refractivity contribution is 9.10. The largest absolute Gasteiger partial charge is 0.488 e. The molecule has 118 valence electrons. The van der Waals surface area contributed by atoms with Crippen LogP contribution in [-0.2, 0) is 13.0 Å². The Hall–Kier alpha value is -2.07. The Kier molecular flexibility index (Phi) is 4.53. The first-order chi connectivity index (χ1) is 11.1. The zero-order chi connectivity index (χ0) is 16.4. The molecule has 0 saturated heterocycles. The van der Waals surface area contributed by atoms with E-state index in [0.29, 0.717) is 12.2 Å². The topological polar surface area (TPSA) is 39.4 Å². The fourth-order valence-corrected chi connectivity index (χ4v) is 3.03. The Morgan fingerprint density at radius 1 is 1.13 bits per heavy atom. The lowest BCUT2D eigenvalue weighted by atomic mass is 10.0. The lowest BCUT2D eigenvalue weighted by Gasteiger charge is -2.12. The fourth-order valence-electron chi connectivity index (χ4n) is 2.63. The van der Waals surface area contributed by atoms with Gasteiger partial charge in [-0.15, -0.1) is 0 Å². The van der Waals surface area contributed by atoms with Gasteiger partial charge in [0.05, 0.1) is 0 Å². The average Bonchev–Trinajstić information content (AvgIpc) is 2.55. The Bertz CT molecular complexity index is 912. The van der Waals surface area contributed by atoms with Crippen molar-refractivity contribution in [1.29, 1.82) is 0 Å². The van der Waals surface area contributed by atoms with Crippen LogP contribution in [0.1, 0.15) is 23.6 Å². The minimum atomic E-state index is -0.319. The van der Waals surface area contributed by atoms with Crippen LogP contribution in [0.2, 0.25) is 0 Å². The molecule has 2 aromatic carbocycles. The Morgan fingerprint density at radius 3 is 2.65 bits per heavy atom. The van der Waals surface area contributed by atoms with Crippen LogP contribution in [0.5, 0.6) is 5.75 Å². The normalized spacial score (nSPS) is 10.9. The van der Waals surface area contributed by atoms with Gasteiger partial charge in [0.25, 0.3) is 0 Å². The maximum Gasteiger partial charge on any atom is 0.336 e. The molecule has 0 fully saturated rings. The molecule has 0 N–H and O–H groups in total. The van der Waals surface area contributed by atoms with Crippen molar-refractivity contribution in [3.05, 3.63) is 74.0 Å². The third-order valence-corrected chi connectivity index (χ3v) is 4.69. The van der Waals surface area contributed by atoms with E-state index in [2.05, 4.69) is 15.9 Å². The monoisotopic (exact) mass is 372 g/mol. The van der Waals surface area contributed by atoms with Crippen LogP contribution in [0, 0.1) is 6.92 Å². The summed E-state index contributed by atoms with van der Waals surface area (Å²) in [5, 5.41) is 0.970. The summed E-state index contributed by atoms with van der Waals surface area (Å²) in [5.74, 6) is 0.727. The van der Waals surface area contributed by atoms with Gasteiger partial charge >= 0.3 is 5.63 Å². The molecule has 4 heteroatoms. The molecule has 1 aromatic heterocycles. The van der Waals surface area contributed by atoms with E-state index in [9.17, 15) is 4.79 Å². The van der Waals surface area contributed by atoms with E-state index in [-0.39, 0.29) is 5.63 Å². The van der Waals surface area contributed by atoms with Gasteiger partial charge in [0.2, 0.25) is 0 Å². The third-order valence-electron chi connectivity index (χ3n) is 3.92. The molecule has 3 rings (SSSR count). The molecule has 1 heterocycles. The molecule has 0 amide bonds. The molecule has 0 aliphatic heterocycles. The van der Waals surface area contributed by atoms with E-state index in [1.165, 1.54) is 0 Å². The molecule has 0 unspecified atom stereocenters. The second-order valence-electron chi connectivity index (χ2n) is 5.39. The van der Waals surface area contributed by atoms with Crippen molar-refractivity contribution in [2.45, 2.75) is 26.9 Å². The van der Waals surface area contributed by atoms with Crippen LogP contribution >= 0.6 is 15.9 Å². The maximum atomic E-state index is 11.7. The second-order valence-corrected chi connectivity index (χ2v) is 6.24. The highest BCUT2D eigenvalue weighted by atomic mass is 79.9. The summed E-state index contributed by atoms with van der Waals surface area (Å²) in [6.07, 6.45) is 0.790. The molecule has 0 bridgehead atoms. The molecule has 0 atom stereocenters. The first-order valence-corrected chi connectivity index (χ1v) is 8.32. The van der Waals surface area contributed by atoms with Gasteiger partial charge in [0.1, 0.15) is 17.9 Å². The molecule has 0 radical (unpaired) electrons. The van der Waals surface area contributed by atoms with Crippen LogP contribution < -0.4 is 10.4 Å². The number of hydrogen-bond donors (Lipinski definition) is 0. The molecule has 0 spiro atoms. The predicted molar refractivity (Wildman–Crippen MR) is 95.1 cm³/mol. The minimum Gasteiger partial charge on any atom is -0.488 e. The van der Waals surface area contributed by atoms with E-state index >= 15 is 0 Å². The SMILES string of the molecule is CCc1cc(=O)oc2c(C)c(OCc3ccccc3Br)ccc12. The van der Waals surface area contributed by atoms with Gasteiger partial charge in [0.15, 0.2) is 0 Å². The van der Waals surface area contributed by atoms with E-state index in [1.807, 2.05) is 50.2 Å². The smallest absolute Gasteiger partial charge is 0.336 e. The van der Waals surface area contributed by atoms with Gasteiger partial charge in [-0.3, -0.25) is 0 Å². The number of rotatable bonds is 4. The zero-order valence-electron chi connectivity index (χ0n) is 13.1.